The van der Waals surface area contributed by atoms with Gasteiger partial charge in [0.05, 0.1) is 17.5 Å². The number of aromatic nitrogens is 2. The monoisotopic (exact) mass is 570 g/mol. The molecule has 0 unspecified atom stereocenters. The van der Waals surface area contributed by atoms with Crippen molar-refractivity contribution in [2.45, 2.75) is 0 Å². The minimum absolute atomic E-state index is 0.234. The first kappa shape index (κ1) is 26.2. The van der Waals surface area contributed by atoms with E-state index in [0.717, 1.165) is 10.6 Å². The number of oxazole rings is 1. The maximum absolute atomic E-state index is 13.7. The molecule has 0 radical (unpaired) electrons. The number of halogens is 1. The molecule has 0 aliphatic carbocycles. The third-order valence-electron chi connectivity index (χ3n) is 6.79. The number of benzene rings is 3. The highest BCUT2D eigenvalue weighted by molar-refractivity contribution is 7.92. The molecular weight excluding hydrogens is 547 g/mol. The number of nitrogens with one attached hydrogen (secondary N) is 1. The van der Waals surface area contributed by atoms with Crippen LogP contribution in [-0.4, -0.2) is 44.6 Å². The maximum Gasteiger partial charge on any atom is 0.255 e. The Morgan fingerprint density at radius 1 is 0.927 bits per heavy atom. The van der Waals surface area contributed by atoms with Crippen molar-refractivity contribution in [2.75, 3.05) is 24.7 Å². The molecule has 3 aromatic carbocycles. The molecule has 41 heavy (non-hydrogen) atoms. The van der Waals surface area contributed by atoms with Crippen molar-refractivity contribution in [3.63, 3.8) is 0 Å². The van der Waals surface area contributed by atoms with E-state index >= 15 is 0 Å². The largest absolute Gasteiger partial charge is 0.455 e. The average Bonchev–Trinajstić information content (AvgIpc) is 3.57. The van der Waals surface area contributed by atoms with Gasteiger partial charge in [-0.25, -0.2) is 17.8 Å². The molecule has 11 heteroatoms. The molecule has 3 aromatic heterocycles. The minimum Gasteiger partial charge on any atom is -0.455 e. The normalized spacial score (nSPS) is 11.7. The summed E-state index contributed by atoms with van der Waals surface area (Å²) in [5, 5.41) is 3.10. The molecule has 1 amide bonds. The lowest BCUT2D eigenvalue weighted by atomic mass is 9.97. The maximum atomic E-state index is 13.7. The number of carbonyl (C=O) groups excluding carboxylic acids is 1. The highest BCUT2D eigenvalue weighted by Crippen LogP contribution is 2.42. The highest BCUT2D eigenvalue weighted by Gasteiger charge is 2.26. The fraction of sp³-hybridized carbons (Fsp3) is 0.100. The highest BCUT2D eigenvalue weighted by atomic mass is 32.2. The Kier molecular flexibility index (Phi) is 6.30. The molecule has 206 valence electrons. The molecule has 0 saturated heterocycles. The fourth-order valence-corrected chi connectivity index (χ4v) is 5.18. The van der Waals surface area contributed by atoms with Crippen LogP contribution >= 0.6 is 0 Å². The summed E-state index contributed by atoms with van der Waals surface area (Å²) in [5.74, 6) is -0.254. The van der Waals surface area contributed by atoms with E-state index in [-0.39, 0.29) is 11.3 Å². The third kappa shape index (κ3) is 4.70. The van der Waals surface area contributed by atoms with Gasteiger partial charge in [-0.15, -0.1) is 0 Å². The van der Waals surface area contributed by atoms with Crippen LogP contribution in [0, 0.1) is 5.82 Å². The molecule has 0 spiro atoms. The Bertz CT molecular complexity index is 2030. The second-order valence-corrected chi connectivity index (χ2v) is 11.4. The predicted molar refractivity (Wildman–Crippen MR) is 154 cm³/mol. The Morgan fingerprint density at radius 3 is 2.39 bits per heavy atom. The van der Waals surface area contributed by atoms with Gasteiger partial charge in [-0.05, 0) is 60.2 Å². The Labute approximate surface area is 234 Å². The summed E-state index contributed by atoms with van der Waals surface area (Å²) in [6, 6.07) is 19.7. The van der Waals surface area contributed by atoms with E-state index in [1.54, 1.807) is 36.5 Å². The molecule has 0 fully saturated rings. The smallest absolute Gasteiger partial charge is 0.255 e. The van der Waals surface area contributed by atoms with Gasteiger partial charge in [-0.3, -0.25) is 9.10 Å². The van der Waals surface area contributed by atoms with Gasteiger partial charge in [0.2, 0.25) is 15.9 Å². The number of hydrogen-bond donors (Lipinski definition) is 1. The molecule has 0 aliphatic rings. The quantitative estimate of drug-likeness (QED) is 0.266. The van der Waals surface area contributed by atoms with Gasteiger partial charge in [0.1, 0.15) is 17.2 Å². The van der Waals surface area contributed by atoms with Crippen LogP contribution in [0.2, 0.25) is 0 Å². The summed E-state index contributed by atoms with van der Waals surface area (Å²) in [6.07, 6.45) is 2.73. The SMILES string of the molecule is CNC(=O)c1c(-c2ccc(F)cc2)oc2cc(N(C)S(C)(=O)=O)c(-c3cccc(-c4nc5ncccc5o4)c3)cc12. The number of furan rings is 1. The van der Waals surface area contributed by atoms with Gasteiger partial charge in [-0.2, -0.15) is 4.98 Å². The number of carbonyl (C=O) groups is 1. The van der Waals surface area contributed by atoms with Crippen LogP contribution in [0.4, 0.5) is 10.1 Å². The number of sulfonamides is 1. The van der Waals surface area contributed by atoms with Gasteiger partial charge >= 0.3 is 0 Å². The molecule has 3 heterocycles. The zero-order chi connectivity index (χ0) is 28.9. The first-order valence-corrected chi connectivity index (χ1v) is 14.3. The van der Waals surface area contributed by atoms with Crippen molar-refractivity contribution >= 4 is 43.8 Å². The number of pyridine rings is 1. The van der Waals surface area contributed by atoms with Crippen molar-refractivity contribution in [3.05, 3.63) is 90.4 Å². The van der Waals surface area contributed by atoms with Crippen LogP contribution in [0.3, 0.4) is 0 Å². The first-order valence-electron chi connectivity index (χ1n) is 12.5. The van der Waals surface area contributed by atoms with Gasteiger partial charge in [0, 0.05) is 48.4 Å². The Balaban J connectivity index is 1.61. The van der Waals surface area contributed by atoms with Crippen molar-refractivity contribution in [1.29, 1.82) is 0 Å². The summed E-state index contributed by atoms with van der Waals surface area (Å²) in [6.45, 7) is 0. The third-order valence-corrected chi connectivity index (χ3v) is 7.98. The summed E-state index contributed by atoms with van der Waals surface area (Å²) in [4.78, 5) is 21.8. The number of amides is 1. The zero-order valence-electron chi connectivity index (χ0n) is 22.2. The predicted octanol–water partition coefficient (Wildman–Crippen LogP) is 5.86. The number of rotatable bonds is 6. The molecule has 0 aliphatic heterocycles. The number of anilines is 1. The molecule has 0 bridgehead atoms. The molecule has 1 N–H and O–H groups in total. The molecule has 9 nitrogen and oxygen atoms in total. The molecule has 0 saturated carbocycles. The van der Waals surface area contributed by atoms with Crippen LogP contribution in [0.15, 0.2) is 87.8 Å². The van der Waals surface area contributed by atoms with Crippen molar-refractivity contribution < 1.29 is 26.4 Å². The topological polar surface area (TPSA) is 119 Å². The summed E-state index contributed by atoms with van der Waals surface area (Å²) >= 11 is 0. The van der Waals surface area contributed by atoms with E-state index in [1.165, 1.54) is 38.4 Å². The number of nitrogens with zero attached hydrogens (tertiary/aromatic N) is 3. The van der Waals surface area contributed by atoms with E-state index in [0.29, 0.717) is 56.0 Å². The summed E-state index contributed by atoms with van der Waals surface area (Å²) in [5.41, 5.74) is 4.19. The zero-order valence-corrected chi connectivity index (χ0v) is 23.0. The van der Waals surface area contributed by atoms with Crippen LogP contribution < -0.4 is 9.62 Å². The lowest BCUT2D eigenvalue weighted by Crippen LogP contribution is -2.25. The van der Waals surface area contributed by atoms with Gasteiger partial charge in [0.15, 0.2) is 11.2 Å². The van der Waals surface area contributed by atoms with Crippen molar-refractivity contribution in [2.24, 2.45) is 0 Å². The second kappa shape index (κ2) is 9.86. The van der Waals surface area contributed by atoms with E-state index in [9.17, 15) is 17.6 Å². The van der Waals surface area contributed by atoms with Crippen LogP contribution in [0.1, 0.15) is 10.4 Å². The Hall–Kier alpha value is -5.03. The standard InChI is InChI=1S/C30H23FN4O5S/c1-32-29(36)26-22-15-21(18-6-4-7-19(14-18)30-34-28-24(40-30)8-5-13-33-28)23(35(2)41(3,37)38)16-25(22)39-27(26)17-9-11-20(31)12-10-17/h4-16H,1-3H3,(H,32,36). The Morgan fingerprint density at radius 2 is 1.68 bits per heavy atom. The van der Waals surface area contributed by atoms with Crippen molar-refractivity contribution in [1.82, 2.24) is 15.3 Å². The lowest BCUT2D eigenvalue weighted by molar-refractivity contribution is 0.0964. The van der Waals surface area contributed by atoms with E-state index in [2.05, 4.69) is 15.3 Å². The molecule has 6 aromatic rings. The minimum atomic E-state index is -3.68. The van der Waals surface area contributed by atoms with Gasteiger partial charge in [0.25, 0.3) is 5.91 Å². The molecule has 6 rings (SSSR count). The van der Waals surface area contributed by atoms with Gasteiger partial charge in [-0.1, -0.05) is 12.1 Å². The fourth-order valence-electron chi connectivity index (χ4n) is 4.67. The first-order chi connectivity index (χ1) is 19.6. The van der Waals surface area contributed by atoms with E-state index < -0.39 is 21.7 Å². The van der Waals surface area contributed by atoms with Crippen molar-refractivity contribution in [3.8, 4) is 33.9 Å². The van der Waals surface area contributed by atoms with Crippen LogP contribution in [0.25, 0.3) is 56.1 Å². The lowest BCUT2D eigenvalue weighted by Gasteiger charge is -2.21. The number of fused-ring (bicyclic) bond motifs is 2. The van der Waals surface area contributed by atoms with Crippen LogP contribution in [0.5, 0.6) is 0 Å². The van der Waals surface area contributed by atoms with E-state index in [4.69, 9.17) is 8.83 Å². The average molecular weight is 571 g/mol. The molecular formula is C30H23FN4O5S. The number of hydrogen-bond acceptors (Lipinski definition) is 7. The van der Waals surface area contributed by atoms with Crippen LogP contribution in [-0.2, 0) is 10.0 Å². The van der Waals surface area contributed by atoms with Gasteiger partial charge < -0.3 is 14.2 Å². The van der Waals surface area contributed by atoms with E-state index in [1.807, 2.05) is 18.2 Å². The molecule has 0 atom stereocenters. The summed E-state index contributed by atoms with van der Waals surface area (Å²) < 4.78 is 52.2. The second-order valence-electron chi connectivity index (χ2n) is 9.41. The summed E-state index contributed by atoms with van der Waals surface area (Å²) in [7, 11) is -0.739.